The van der Waals surface area contributed by atoms with Crippen LogP contribution < -0.4 is 5.32 Å². The van der Waals surface area contributed by atoms with Crippen LogP contribution in [0, 0.1) is 13.8 Å². The molecule has 0 fully saturated rings. The zero-order valence-corrected chi connectivity index (χ0v) is 18.1. The Bertz CT molecular complexity index is 1060. The smallest absolute Gasteiger partial charge is 0.259 e. The zero-order valence-electron chi connectivity index (χ0n) is 17.3. The van der Waals surface area contributed by atoms with E-state index in [0.29, 0.717) is 17.4 Å². The Morgan fingerprint density at radius 2 is 1.90 bits per heavy atom. The molecule has 0 unspecified atom stereocenters. The molecule has 7 heteroatoms. The first-order chi connectivity index (χ1) is 14.5. The molecule has 154 valence electrons. The molecule has 0 bridgehead atoms. The van der Waals surface area contributed by atoms with E-state index in [1.54, 1.807) is 4.90 Å². The fourth-order valence-corrected chi connectivity index (χ4v) is 4.54. The molecule has 2 aromatic rings. The van der Waals surface area contributed by atoms with Crippen molar-refractivity contribution in [3.8, 4) is 0 Å². The summed E-state index contributed by atoms with van der Waals surface area (Å²) in [5.74, 6) is 0.592. The summed E-state index contributed by atoms with van der Waals surface area (Å²) < 4.78 is 0. The summed E-state index contributed by atoms with van der Waals surface area (Å²) in [5, 5.41) is 3.44. The van der Waals surface area contributed by atoms with Crippen LogP contribution in [-0.2, 0) is 9.59 Å². The number of aryl methyl sites for hydroxylation is 2. The number of thioether (sulfide) groups is 1. The highest BCUT2D eigenvalue weighted by Crippen LogP contribution is 2.34. The summed E-state index contributed by atoms with van der Waals surface area (Å²) >= 11 is 1.26. The van der Waals surface area contributed by atoms with Crippen LogP contribution in [0.1, 0.15) is 36.5 Å². The molecule has 0 saturated carbocycles. The number of carbonyl (C=O) groups excluding carboxylic acids is 2. The fourth-order valence-electron chi connectivity index (χ4n) is 3.73. The van der Waals surface area contributed by atoms with Crippen molar-refractivity contribution < 1.29 is 9.59 Å². The summed E-state index contributed by atoms with van der Waals surface area (Å²) in [4.78, 5) is 36.5. The molecule has 0 saturated heterocycles. The number of nitrogens with one attached hydrogen (secondary N) is 1. The molecule has 2 aliphatic heterocycles. The lowest BCUT2D eigenvalue weighted by molar-refractivity contribution is -0.124. The SMILES string of the molecule is CCC[C@@H]1N=C2c3ccccc3N=C(SCC(=O)Nc3cc(C)cc(C)c3)N2C1=O. The molecule has 2 aromatic carbocycles. The number of fused-ring (bicyclic) bond motifs is 3. The van der Waals surface area contributed by atoms with Gasteiger partial charge >= 0.3 is 0 Å². The van der Waals surface area contributed by atoms with E-state index in [0.717, 1.165) is 34.5 Å². The van der Waals surface area contributed by atoms with Crippen molar-refractivity contribution in [3.63, 3.8) is 0 Å². The maximum atomic E-state index is 13.0. The van der Waals surface area contributed by atoms with Gasteiger partial charge in [-0.2, -0.15) is 0 Å². The second-order valence-electron chi connectivity index (χ2n) is 7.56. The molecule has 1 atom stereocenters. The van der Waals surface area contributed by atoms with Crippen molar-refractivity contribution in [1.82, 2.24) is 4.90 Å². The fraction of sp³-hybridized carbons (Fsp3) is 0.304. The number of amides is 2. The molecule has 2 heterocycles. The van der Waals surface area contributed by atoms with Gasteiger partial charge in [0, 0.05) is 11.3 Å². The lowest BCUT2D eigenvalue weighted by atomic mass is 10.1. The summed E-state index contributed by atoms with van der Waals surface area (Å²) in [6.45, 7) is 6.04. The van der Waals surface area contributed by atoms with Gasteiger partial charge in [-0.05, 0) is 55.7 Å². The minimum absolute atomic E-state index is 0.0673. The first-order valence-electron chi connectivity index (χ1n) is 10.1. The van der Waals surface area contributed by atoms with Crippen LogP contribution in [-0.4, -0.2) is 39.5 Å². The third kappa shape index (κ3) is 4.03. The number of hydrogen-bond acceptors (Lipinski definition) is 5. The van der Waals surface area contributed by atoms with Crippen LogP contribution in [0.4, 0.5) is 11.4 Å². The predicted molar refractivity (Wildman–Crippen MR) is 123 cm³/mol. The quantitative estimate of drug-likeness (QED) is 0.777. The molecule has 2 aliphatic rings. The highest BCUT2D eigenvalue weighted by molar-refractivity contribution is 8.14. The number of aliphatic imine (C=N–C) groups is 2. The van der Waals surface area contributed by atoms with Crippen LogP contribution in [0.2, 0.25) is 0 Å². The normalized spacial score (nSPS) is 17.2. The van der Waals surface area contributed by atoms with Gasteiger partial charge in [-0.15, -0.1) is 0 Å². The average Bonchev–Trinajstić information content (AvgIpc) is 3.02. The van der Waals surface area contributed by atoms with Crippen LogP contribution in [0.3, 0.4) is 0 Å². The van der Waals surface area contributed by atoms with Crippen molar-refractivity contribution in [2.75, 3.05) is 11.1 Å². The highest BCUT2D eigenvalue weighted by atomic mass is 32.2. The standard InChI is InChI=1S/C23H24N4O2S/c1-4-7-19-22(29)27-21(25-19)17-8-5-6-9-18(17)26-23(27)30-13-20(28)24-16-11-14(2)10-15(3)12-16/h5-6,8-12,19H,4,7,13H2,1-3H3,(H,24,28)/t19-/m0/s1. The molecule has 0 aliphatic carbocycles. The third-order valence-electron chi connectivity index (χ3n) is 4.95. The van der Waals surface area contributed by atoms with E-state index in [9.17, 15) is 9.59 Å². The molecule has 1 N–H and O–H groups in total. The zero-order chi connectivity index (χ0) is 21.3. The Labute approximate surface area is 180 Å². The largest absolute Gasteiger partial charge is 0.325 e. The Hall–Kier alpha value is -2.93. The number of amidine groups is 2. The molecule has 4 rings (SSSR count). The van der Waals surface area contributed by atoms with E-state index in [1.807, 2.05) is 57.2 Å². The Kier molecular flexibility index (Phi) is 5.72. The maximum absolute atomic E-state index is 13.0. The van der Waals surface area contributed by atoms with Gasteiger partial charge in [0.2, 0.25) is 5.91 Å². The van der Waals surface area contributed by atoms with Crippen molar-refractivity contribution in [1.29, 1.82) is 0 Å². The second-order valence-corrected chi connectivity index (χ2v) is 8.50. The van der Waals surface area contributed by atoms with Gasteiger partial charge < -0.3 is 5.32 Å². The summed E-state index contributed by atoms with van der Waals surface area (Å²) in [6.07, 6.45) is 1.58. The lowest BCUT2D eigenvalue weighted by Gasteiger charge is -2.25. The molecule has 0 spiro atoms. The van der Waals surface area contributed by atoms with Crippen LogP contribution in [0.5, 0.6) is 0 Å². The van der Waals surface area contributed by atoms with Gasteiger partial charge in [-0.25, -0.2) is 9.89 Å². The second kappa shape index (κ2) is 8.44. The first-order valence-corrected chi connectivity index (χ1v) is 11.1. The van der Waals surface area contributed by atoms with Crippen molar-refractivity contribution >= 4 is 46.0 Å². The Morgan fingerprint density at radius 3 is 2.63 bits per heavy atom. The molecular formula is C23H24N4O2S. The van der Waals surface area contributed by atoms with Gasteiger partial charge in [0.15, 0.2) is 5.17 Å². The number of nitrogens with zero attached hydrogens (tertiary/aromatic N) is 3. The molecule has 6 nitrogen and oxygen atoms in total. The van der Waals surface area contributed by atoms with E-state index in [2.05, 4.69) is 21.4 Å². The number of rotatable bonds is 5. The highest BCUT2D eigenvalue weighted by Gasteiger charge is 2.40. The maximum Gasteiger partial charge on any atom is 0.259 e. The van der Waals surface area contributed by atoms with Gasteiger partial charge in [-0.3, -0.25) is 14.6 Å². The number of anilines is 1. The van der Waals surface area contributed by atoms with Gasteiger partial charge in [0.1, 0.15) is 11.9 Å². The Morgan fingerprint density at radius 1 is 1.17 bits per heavy atom. The van der Waals surface area contributed by atoms with Gasteiger partial charge in [0.05, 0.1) is 11.4 Å². The van der Waals surface area contributed by atoms with E-state index < -0.39 is 0 Å². The Balaban J connectivity index is 1.53. The number of hydrogen-bond donors (Lipinski definition) is 1. The molecule has 30 heavy (non-hydrogen) atoms. The minimum Gasteiger partial charge on any atom is -0.325 e. The van der Waals surface area contributed by atoms with Crippen LogP contribution in [0.15, 0.2) is 52.4 Å². The van der Waals surface area contributed by atoms with E-state index in [-0.39, 0.29) is 23.6 Å². The number of para-hydroxylation sites is 1. The third-order valence-corrected chi connectivity index (χ3v) is 5.89. The minimum atomic E-state index is -0.383. The van der Waals surface area contributed by atoms with Gasteiger partial charge in [0.25, 0.3) is 5.91 Å². The average molecular weight is 421 g/mol. The number of carbonyl (C=O) groups is 2. The lowest BCUT2D eigenvalue weighted by Crippen LogP contribution is -2.41. The van der Waals surface area contributed by atoms with E-state index in [4.69, 9.17) is 0 Å². The van der Waals surface area contributed by atoms with Crippen LogP contribution in [0.25, 0.3) is 0 Å². The number of benzene rings is 2. The summed E-state index contributed by atoms with van der Waals surface area (Å²) in [6, 6.07) is 13.2. The summed E-state index contributed by atoms with van der Waals surface area (Å²) in [7, 11) is 0. The molecule has 2 amide bonds. The topological polar surface area (TPSA) is 74.1 Å². The van der Waals surface area contributed by atoms with E-state index >= 15 is 0 Å². The van der Waals surface area contributed by atoms with E-state index in [1.165, 1.54) is 11.8 Å². The van der Waals surface area contributed by atoms with Gasteiger partial charge in [-0.1, -0.05) is 43.3 Å². The summed E-state index contributed by atoms with van der Waals surface area (Å²) in [5.41, 5.74) is 4.59. The predicted octanol–water partition coefficient (Wildman–Crippen LogP) is 4.43. The first kappa shape index (κ1) is 20.3. The molecule has 0 aromatic heterocycles. The molecular weight excluding hydrogens is 396 g/mol. The van der Waals surface area contributed by atoms with Crippen molar-refractivity contribution in [2.45, 2.75) is 39.7 Å². The van der Waals surface area contributed by atoms with Crippen molar-refractivity contribution in [3.05, 3.63) is 59.2 Å². The van der Waals surface area contributed by atoms with Crippen molar-refractivity contribution in [2.24, 2.45) is 9.98 Å². The molecule has 0 radical (unpaired) electrons. The monoisotopic (exact) mass is 420 g/mol. The van der Waals surface area contributed by atoms with Crippen LogP contribution >= 0.6 is 11.8 Å².